The number of aliphatic hydroxyl groups excluding tert-OH is 1. The summed E-state index contributed by atoms with van der Waals surface area (Å²) in [5, 5.41) is 44.0. The van der Waals surface area contributed by atoms with Crippen LogP contribution in [0.3, 0.4) is 0 Å². The number of methoxy groups -OCH3 is 1. The van der Waals surface area contributed by atoms with Gasteiger partial charge in [-0.1, -0.05) is 0 Å². The summed E-state index contributed by atoms with van der Waals surface area (Å²) in [5.41, 5.74) is 0. The molecule has 0 unspecified atom stereocenters. The molecule has 0 aliphatic carbocycles. The summed E-state index contributed by atoms with van der Waals surface area (Å²) < 4.78 is 19.7. The van der Waals surface area contributed by atoms with E-state index in [1.165, 1.54) is 0 Å². The number of carbonyl (C=O) groups is 1. The molecule has 148 valence electrons. The minimum absolute atomic E-state index is 0.428. The monoisotopic (exact) mass is 374 g/mol. The standard InChI is InChI=1S/C11H22N2O12/c1-5(2)22-11(15)21-4-6-7(14)8(24-12(16)17)9(25-13(18)19)10(20-3)23-6/h5-10,14,16-19H,4H2,1-3H3/t6-,7-,8+,9-,10+/m1/s1. The number of ether oxygens (including phenoxy) is 4. The summed E-state index contributed by atoms with van der Waals surface area (Å²) in [7, 11) is 1.16. The molecule has 14 nitrogen and oxygen atoms in total. The van der Waals surface area contributed by atoms with E-state index in [2.05, 4.69) is 9.68 Å². The van der Waals surface area contributed by atoms with Crippen LogP contribution in [0.2, 0.25) is 0 Å². The summed E-state index contributed by atoms with van der Waals surface area (Å²) in [5.74, 6) is 0. The second-order valence-corrected chi connectivity index (χ2v) is 5.14. The van der Waals surface area contributed by atoms with Crippen molar-refractivity contribution in [2.45, 2.75) is 50.7 Å². The van der Waals surface area contributed by atoms with Crippen molar-refractivity contribution in [3.05, 3.63) is 0 Å². The van der Waals surface area contributed by atoms with Crippen LogP contribution in [0.15, 0.2) is 0 Å². The fraction of sp³-hybridized carbons (Fsp3) is 0.909. The average molecular weight is 374 g/mol. The van der Waals surface area contributed by atoms with Gasteiger partial charge >= 0.3 is 6.16 Å². The van der Waals surface area contributed by atoms with Gasteiger partial charge in [0.1, 0.15) is 24.9 Å². The molecule has 0 bridgehead atoms. The van der Waals surface area contributed by atoms with Gasteiger partial charge in [0.2, 0.25) is 0 Å². The predicted molar refractivity (Wildman–Crippen MR) is 69.8 cm³/mol. The Labute approximate surface area is 141 Å². The Hall–Kier alpha value is -1.17. The van der Waals surface area contributed by atoms with Gasteiger partial charge in [-0.25, -0.2) is 14.5 Å². The third-order valence-electron chi connectivity index (χ3n) is 2.98. The Balaban J connectivity index is 2.83. The minimum atomic E-state index is -1.66. The molecule has 0 radical (unpaired) electrons. The van der Waals surface area contributed by atoms with Gasteiger partial charge in [-0.3, -0.25) is 20.8 Å². The minimum Gasteiger partial charge on any atom is -0.432 e. The van der Waals surface area contributed by atoms with Crippen molar-refractivity contribution in [1.82, 2.24) is 10.8 Å². The van der Waals surface area contributed by atoms with E-state index in [9.17, 15) is 9.90 Å². The van der Waals surface area contributed by atoms with Crippen molar-refractivity contribution in [2.75, 3.05) is 13.7 Å². The van der Waals surface area contributed by atoms with Gasteiger partial charge in [-0.15, -0.1) is 0 Å². The number of nitrogens with zero attached hydrogens (tertiary/aromatic N) is 2. The van der Waals surface area contributed by atoms with Crippen LogP contribution >= 0.6 is 0 Å². The maximum Gasteiger partial charge on any atom is 0.508 e. The summed E-state index contributed by atoms with van der Waals surface area (Å²) in [6.07, 6.45) is -8.89. The molecule has 1 saturated heterocycles. The summed E-state index contributed by atoms with van der Waals surface area (Å²) >= 11 is 0. The van der Waals surface area contributed by atoms with E-state index in [0.717, 1.165) is 7.11 Å². The third-order valence-corrected chi connectivity index (χ3v) is 2.98. The molecule has 1 fully saturated rings. The van der Waals surface area contributed by atoms with E-state index in [1.807, 2.05) is 0 Å². The van der Waals surface area contributed by atoms with Crippen LogP contribution in [-0.2, 0) is 28.6 Å². The van der Waals surface area contributed by atoms with Gasteiger partial charge in [0.25, 0.3) is 0 Å². The smallest absolute Gasteiger partial charge is 0.432 e. The van der Waals surface area contributed by atoms with E-state index in [1.54, 1.807) is 13.8 Å². The first-order chi connectivity index (χ1) is 11.6. The van der Waals surface area contributed by atoms with Crippen LogP contribution in [-0.4, -0.2) is 93.4 Å². The van der Waals surface area contributed by atoms with Crippen molar-refractivity contribution < 1.29 is 59.4 Å². The van der Waals surface area contributed by atoms with Crippen molar-refractivity contribution in [3.63, 3.8) is 0 Å². The Bertz CT molecular complexity index is 409. The zero-order valence-electron chi connectivity index (χ0n) is 13.7. The van der Waals surface area contributed by atoms with E-state index in [4.69, 9.17) is 39.8 Å². The molecule has 1 aliphatic heterocycles. The van der Waals surface area contributed by atoms with Gasteiger partial charge in [0.15, 0.2) is 12.4 Å². The lowest BCUT2D eigenvalue weighted by atomic mass is 9.99. The van der Waals surface area contributed by atoms with Crippen LogP contribution in [0.4, 0.5) is 4.79 Å². The Morgan fingerprint density at radius 1 is 1.12 bits per heavy atom. The van der Waals surface area contributed by atoms with Gasteiger partial charge in [0, 0.05) is 7.11 Å². The molecule has 14 heteroatoms. The zero-order chi connectivity index (χ0) is 19.1. The molecule has 0 amide bonds. The molecule has 1 aliphatic rings. The van der Waals surface area contributed by atoms with Gasteiger partial charge < -0.3 is 24.1 Å². The predicted octanol–water partition coefficient (Wildman–Crippen LogP) is -0.959. The summed E-state index contributed by atoms with van der Waals surface area (Å²) in [6, 6.07) is 0. The van der Waals surface area contributed by atoms with E-state index >= 15 is 0 Å². The molecule has 25 heavy (non-hydrogen) atoms. The highest BCUT2D eigenvalue weighted by Crippen LogP contribution is 2.27. The molecular weight excluding hydrogens is 352 g/mol. The van der Waals surface area contributed by atoms with Crippen LogP contribution in [0, 0.1) is 0 Å². The highest BCUT2D eigenvalue weighted by Gasteiger charge is 2.50. The molecule has 0 aromatic rings. The van der Waals surface area contributed by atoms with E-state index < -0.39 is 60.4 Å². The molecule has 5 N–H and O–H groups in total. The van der Waals surface area contributed by atoms with Crippen LogP contribution in [0.5, 0.6) is 0 Å². The number of carbonyl (C=O) groups excluding carboxylic acids is 1. The summed E-state index contributed by atoms with van der Waals surface area (Å²) in [4.78, 5) is 20.5. The van der Waals surface area contributed by atoms with Gasteiger partial charge in [0.05, 0.1) is 16.9 Å². The molecule has 1 heterocycles. The Kier molecular flexibility index (Phi) is 8.83. The third kappa shape index (κ3) is 6.92. The first kappa shape index (κ1) is 21.9. The van der Waals surface area contributed by atoms with Crippen molar-refractivity contribution in [3.8, 4) is 0 Å². The van der Waals surface area contributed by atoms with E-state index in [-0.39, 0.29) is 0 Å². The highest BCUT2D eigenvalue weighted by atomic mass is 17.1. The van der Waals surface area contributed by atoms with Crippen molar-refractivity contribution in [1.29, 1.82) is 0 Å². The first-order valence-corrected chi connectivity index (χ1v) is 7.04. The molecule has 5 atom stereocenters. The second kappa shape index (κ2) is 10.1. The molecule has 0 aromatic carbocycles. The molecule has 0 spiro atoms. The van der Waals surface area contributed by atoms with E-state index in [0.29, 0.717) is 0 Å². The SMILES string of the molecule is CO[C@H]1O[C@H](COC(=O)OC(C)C)[C@@H](O)[C@H](ON(O)O)[C@H]1ON(O)O. The van der Waals surface area contributed by atoms with Crippen LogP contribution < -0.4 is 0 Å². The Morgan fingerprint density at radius 3 is 2.16 bits per heavy atom. The Morgan fingerprint density at radius 2 is 1.68 bits per heavy atom. The largest absolute Gasteiger partial charge is 0.508 e. The molecular formula is C11H22N2O12. The van der Waals surface area contributed by atoms with Gasteiger partial charge in [-0.2, -0.15) is 0 Å². The lowest BCUT2D eigenvalue weighted by molar-refractivity contribution is -0.557. The normalized spacial score (nSPS) is 30.1. The highest BCUT2D eigenvalue weighted by molar-refractivity contribution is 5.60. The lowest BCUT2D eigenvalue weighted by Crippen LogP contribution is -2.62. The molecule has 1 rings (SSSR count). The quantitative estimate of drug-likeness (QED) is 0.259. The first-order valence-electron chi connectivity index (χ1n) is 7.04. The molecule has 0 aromatic heterocycles. The second-order valence-electron chi connectivity index (χ2n) is 5.14. The number of rotatable bonds is 8. The van der Waals surface area contributed by atoms with Crippen LogP contribution in [0.1, 0.15) is 13.8 Å². The maximum atomic E-state index is 11.4. The summed E-state index contributed by atoms with van der Waals surface area (Å²) in [6.45, 7) is 2.71. The number of hydrogen-bond donors (Lipinski definition) is 5. The lowest BCUT2D eigenvalue weighted by Gasteiger charge is -2.42. The maximum absolute atomic E-state index is 11.4. The molecule has 0 saturated carbocycles. The number of hydrogen-bond acceptors (Lipinski definition) is 14. The number of aliphatic hydroxyl groups is 1. The van der Waals surface area contributed by atoms with Crippen LogP contribution in [0.25, 0.3) is 0 Å². The fourth-order valence-corrected chi connectivity index (χ4v) is 2.04. The average Bonchev–Trinajstić information content (AvgIpc) is 2.48. The topological polar surface area (TPSA) is 180 Å². The zero-order valence-corrected chi connectivity index (χ0v) is 13.7. The van der Waals surface area contributed by atoms with Crippen molar-refractivity contribution in [2.24, 2.45) is 0 Å². The van der Waals surface area contributed by atoms with Gasteiger partial charge in [-0.05, 0) is 13.8 Å². The van der Waals surface area contributed by atoms with Crippen molar-refractivity contribution >= 4 is 6.16 Å². The fourth-order valence-electron chi connectivity index (χ4n) is 2.04.